The van der Waals surface area contributed by atoms with Gasteiger partial charge in [0, 0.05) is 6.54 Å². The lowest BCUT2D eigenvalue weighted by molar-refractivity contribution is -0.126. The maximum Gasteiger partial charge on any atom is 0.230 e. The molecule has 3 rings (SSSR count). The number of nitrogens with one attached hydrogen (secondary N) is 1. The van der Waals surface area contributed by atoms with Crippen molar-refractivity contribution in [1.29, 1.82) is 5.26 Å². The van der Waals surface area contributed by atoms with E-state index in [9.17, 15) is 9.18 Å². The third kappa shape index (κ3) is 3.16. The van der Waals surface area contributed by atoms with Crippen molar-refractivity contribution < 1.29 is 9.18 Å². The second kappa shape index (κ2) is 6.84. The van der Waals surface area contributed by atoms with E-state index in [0.717, 1.165) is 36.8 Å². The van der Waals surface area contributed by atoms with Crippen LogP contribution in [0.5, 0.6) is 0 Å². The Morgan fingerprint density at radius 3 is 2.54 bits per heavy atom. The fraction of sp³-hybridized carbons (Fsp3) is 0.300. The number of nitriles is 1. The fourth-order valence-corrected chi connectivity index (χ4v) is 3.50. The molecule has 0 radical (unpaired) electrons. The molecule has 0 atom stereocenters. The van der Waals surface area contributed by atoms with Crippen molar-refractivity contribution in [3.63, 3.8) is 0 Å². The van der Waals surface area contributed by atoms with Crippen LogP contribution in [0.2, 0.25) is 0 Å². The molecule has 0 saturated heterocycles. The van der Waals surface area contributed by atoms with Crippen molar-refractivity contribution in [2.75, 3.05) is 0 Å². The zero-order valence-electron chi connectivity index (χ0n) is 13.4. The monoisotopic (exact) mass is 322 g/mol. The molecule has 2 aromatic rings. The maximum atomic E-state index is 13.2. The predicted molar refractivity (Wildman–Crippen MR) is 89.5 cm³/mol. The van der Waals surface area contributed by atoms with Crippen molar-refractivity contribution >= 4 is 5.91 Å². The van der Waals surface area contributed by atoms with Gasteiger partial charge < -0.3 is 5.32 Å². The van der Waals surface area contributed by atoms with Crippen molar-refractivity contribution in [3.05, 3.63) is 71.0 Å². The summed E-state index contributed by atoms with van der Waals surface area (Å²) in [5, 5.41) is 12.0. The highest BCUT2D eigenvalue weighted by atomic mass is 19.1. The summed E-state index contributed by atoms with van der Waals surface area (Å²) in [5.41, 5.74) is 1.79. The molecule has 0 unspecified atom stereocenters. The van der Waals surface area contributed by atoms with Gasteiger partial charge in [-0.3, -0.25) is 4.79 Å². The molecule has 1 N–H and O–H groups in total. The molecule has 0 spiro atoms. The molecule has 0 bridgehead atoms. The summed E-state index contributed by atoms with van der Waals surface area (Å²) in [6, 6.07) is 15.6. The third-order valence-corrected chi connectivity index (χ3v) is 4.80. The van der Waals surface area contributed by atoms with Crippen LogP contribution in [-0.2, 0) is 16.8 Å². The van der Waals surface area contributed by atoms with Crippen LogP contribution in [0.25, 0.3) is 0 Å². The number of halogens is 1. The molecule has 3 nitrogen and oxygen atoms in total. The lowest BCUT2D eigenvalue weighted by Gasteiger charge is -2.28. The molecule has 1 saturated carbocycles. The average molecular weight is 322 g/mol. The van der Waals surface area contributed by atoms with Crippen molar-refractivity contribution in [3.8, 4) is 6.07 Å². The van der Waals surface area contributed by atoms with Crippen molar-refractivity contribution in [2.24, 2.45) is 0 Å². The molecule has 24 heavy (non-hydrogen) atoms. The summed E-state index contributed by atoms with van der Waals surface area (Å²) in [4.78, 5) is 12.9. The minimum absolute atomic E-state index is 0.0195. The van der Waals surface area contributed by atoms with E-state index in [4.69, 9.17) is 5.26 Å². The first-order valence-electron chi connectivity index (χ1n) is 8.17. The average Bonchev–Trinajstić information content (AvgIpc) is 3.11. The van der Waals surface area contributed by atoms with Gasteiger partial charge in [-0.15, -0.1) is 0 Å². The number of hydrogen-bond donors (Lipinski definition) is 1. The molecular formula is C20H19FN2O. The minimum Gasteiger partial charge on any atom is -0.351 e. The fourth-order valence-electron chi connectivity index (χ4n) is 3.50. The van der Waals surface area contributed by atoms with Gasteiger partial charge in [-0.25, -0.2) is 4.39 Å². The van der Waals surface area contributed by atoms with Gasteiger partial charge in [0.1, 0.15) is 5.82 Å². The third-order valence-electron chi connectivity index (χ3n) is 4.80. The summed E-state index contributed by atoms with van der Waals surface area (Å²) < 4.78 is 13.2. The van der Waals surface area contributed by atoms with E-state index in [1.54, 1.807) is 24.3 Å². The SMILES string of the molecule is N#Cc1cccc(CNC(=O)C2(c3ccc(F)cc3)CCCC2)c1. The van der Waals surface area contributed by atoms with E-state index in [0.29, 0.717) is 12.1 Å². The molecule has 122 valence electrons. The topological polar surface area (TPSA) is 52.9 Å². The Kier molecular flexibility index (Phi) is 4.61. The Morgan fingerprint density at radius 2 is 1.88 bits per heavy atom. The van der Waals surface area contributed by atoms with Gasteiger partial charge in [0.05, 0.1) is 17.0 Å². The summed E-state index contributed by atoms with van der Waals surface area (Å²) in [7, 11) is 0. The highest BCUT2D eigenvalue weighted by Gasteiger charge is 2.42. The van der Waals surface area contributed by atoms with Gasteiger partial charge in [-0.1, -0.05) is 37.1 Å². The van der Waals surface area contributed by atoms with E-state index < -0.39 is 5.41 Å². The number of amides is 1. The van der Waals surface area contributed by atoms with E-state index in [1.807, 2.05) is 12.1 Å². The minimum atomic E-state index is -0.569. The standard InChI is InChI=1S/C20H19FN2O/c21-18-8-6-17(7-9-18)20(10-1-2-11-20)19(24)23-14-16-5-3-4-15(12-16)13-22/h3-9,12H,1-2,10-11,14H2,(H,23,24). The molecule has 1 aliphatic carbocycles. The maximum absolute atomic E-state index is 13.2. The largest absolute Gasteiger partial charge is 0.351 e. The molecule has 0 aromatic heterocycles. The predicted octanol–water partition coefficient (Wildman–Crippen LogP) is 3.83. The van der Waals surface area contributed by atoms with Crippen LogP contribution in [0.1, 0.15) is 42.4 Å². The Bertz CT molecular complexity index is 771. The molecule has 1 aliphatic rings. The summed E-state index contributed by atoms with van der Waals surface area (Å²) in [5.74, 6) is -0.311. The van der Waals surface area contributed by atoms with Gasteiger partial charge >= 0.3 is 0 Å². The highest BCUT2D eigenvalue weighted by molar-refractivity contribution is 5.88. The Hall–Kier alpha value is -2.67. The molecule has 0 aliphatic heterocycles. The van der Waals surface area contributed by atoms with Gasteiger partial charge in [-0.05, 0) is 48.2 Å². The Morgan fingerprint density at radius 1 is 1.17 bits per heavy atom. The van der Waals surface area contributed by atoms with Crippen LogP contribution in [-0.4, -0.2) is 5.91 Å². The van der Waals surface area contributed by atoms with Crippen LogP contribution in [0.4, 0.5) is 4.39 Å². The van der Waals surface area contributed by atoms with Gasteiger partial charge in [0.15, 0.2) is 0 Å². The second-order valence-electron chi connectivity index (χ2n) is 6.29. The molecule has 2 aromatic carbocycles. The van der Waals surface area contributed by atoms with Crippen molar-refractivity contribution in [1.82, 2.24) is 5.32 Å². The molecule has 1 amide bonds. The lowest BCUT2D eigenvalue weighted by atomic mass is 9.78. The van der Waals surface area contributed by atoms with Crippen LogP contribution < -0.4 is 5.32 Å². The van der Waals surface area contributed by atoms with E-state index in [1.165, 1.54) is 12.1 Å². The first-order chi connectivity index (χ1) is 11.6. The van der Waals surface area contributed by atoms with Crippen LogP contribution >= 0.6 is 0 Å². The number of hydrogen-bond acceptors (Lipinski definition) is 2. The lowest BCUT2D eigenvalue weighted by Crippen LogP contribution is -2.42. The highest BCUT2D eigenvalue weighted by Crippen LogP contribution is 2.41. The summed E-state index contributed by atoms with van der Waals surface area (Å²) in [6.45, 7) is 0.386. The Balaban J connectivity index is 1.78. The normalized spacial score (nSPS) is 15.7. The number of benzene rings is 2. The van der Waals surface area contributed by atoms with Crippen LogP contribution in [0.3, 0.4) is 0 Å². The van der Waals surface area contributed by atoms with E-state index >= 15 is 0 Å². The summed E-state index contributed by atoms with van der Waals surface area (Å²) in [6.07, 6.45) is 3.55. The zero-order valence-corrected chi connectivity index (χ0v) is 13.4. The van der Waals surface area contributed by atoms with Gasteiger partial charge in [-0.2, -0.15) is 5.26 Å². The number of carbonyl (C=O) groups excluding carboxylic acids is 1. The smallest absolute Gasteiger partial charge is 0.230 e. The van der Waals surface area contributed by atoms with Gasteiger partial charge in [0.2, 0.25) is 5.91 Å². The first-order valence-corrected chi connectivity index (χ1v) is 8.17. The quantitative estimate of drug-likeness (QED) is 0.930. The Labute approximate surface area is 141 Å². The zero-order chi connectivity index (χ0) is 17.0. The van der Waals surface area contributed by atoms with E-state index in [2.05, 4.69) is 11.4 Å². The molecular weight excluding hydrogens is 303 g/mol. The van der Waals surface area contributed by atoms with Crippen molar-refractivity contribution in [2.45, 2.75) is 37.6 Å². The molecule has 1 fully saturated rings. The first kappa shape index (κ1) is 16.2. The summed E-state index contributed by atoms with van der Waals surface area (Å²) >= 11 is 0. The molecule has 0 heterocycles. The molecule has 4 heteroatoms. The van der Waals surface area contributed by atoms with Crippen LogP contribution in [0, 0.1) is 17.1 Å². The number of rotatable bonds is 4. The number of carbonyl (C=O) groups is 1. The number of nitrogens with zero attached hydrogens (tertiary/aromatic N) is 1. The van der Waals surface area contributed by atoms with E-state index in [-0.39, 0.29) is 11.7 Å². The van der Waals surface area contributed by atoms with Gasteiger partial charge in [0.25, 0.3) is 0 Å². The van der Waals surface area contributed by atoms with Crippen LogP contribution in [0.15, 0.2) is 48.5 Å². The second-order valence-corrected chi connectivity index (χ2v) is 6.29.